The van der Waals surface area contributed by atoms with Gasteiger partial charge in [-0.15, -0.1) is 0 Å². The normalized spacial score (nSPS) is 8.67. The maximum Gasteiger partial charge on any atom is 0.159 e. The molecule has 0 saturated carbocycles. The molecule has 0 bridgehead atoms. The van der Waals surface area contributed by atoms with Gasteiger partial charge in [0.15, 0.2) is 10.3 Å². The van der Waals surface area contributed by atoms with Crippen molar-refractivity contribution in [3.63, 3.8) is 0 Å². The molecule has 12 heavy (non-hydrogen) atoms. The first kappa shape index (κ1) is 12.1. The predicted molar refractivity (Wildman–Crippen MR) is 39.1 cm³/mol. The average Bonchev–Trinajstić information content (AvgIpc) is 2.36. The Kier molecular flexibility index (Phi) is 5.06. The fourth-order valence-corrected chi connectivity index (χ4v) is 0.992. The van der Waals surface area contributed by atoms with Gasteiger partial charge < -0.3 is 9.97 Å². The van der Waals surface area contributed by atoms with Gasteiger partial charge in [-0.3, -0.25) is 0 Å². The van der Waals surface area contributed by atoms with Gasteiger partial charge in [0.05, 0.1) is 12.7 Å². The van der Waals surface area contributed by atoms with Gasteiger partial charge in [0.1, 0.15) is 5.52 Å². The largest absolute Gasteiger partial charge is 0.341 e. The number of H-pyrrole nitrogens is 2. The quantitative estimate of drug-likeness (QED) is 0.489. The summed E-state index contributed by atoms with van der Waals surface area (Å²) in [6.07, 6.45) is 3.12. The van der Waals surface area contributed by atoms with Crippen molar-refractivity contribution in [1.29, 1.82) is 0 Å². The van der Waals surface area contributed by atoms with E-state index in [1.165, 1.54) is 6.33 Å². The van der Waals surface area contributed by atoms with Crippen molar-refractivity contribution in [3.8, 4) is 0 Å². The van der Waals surface area contributed by atoms with Crippen molar-refractivity contribution in [3.05, 3.63) is 17.3 Å². The van der Waals surface area contributed by atoms with Crippen molar-refractivity contribution in [2.24, 2.45) is 0 Å². The van der Waals surface area contributed by atoms with Gasteiger partial charge in [-0.25, -0.2) is 9.97 Å². The van der Waals surface area contributed by atoms with Crippen LogP contribution in [0.2, 0.25) is 0 Å². The van der Waals surface area contributed by atoms with Gasteiger partial charge in [-0.2, -0.15) is 0 Å². The predicted octanol–water partition coefficient (Wildman–Crippen LogP) is 1.01. The number of fused-ring (bicyclic) bond motifs is 1. The van der Waals surface area contributed by atoms with Gasteiger partial charge in [-0.05, 0) is 0 Å². The van der Waals surface area contributed by atoms with E-state index in [-0.39, 0.29) is 42.1 Å². The number of imidazole rings is 1. The molecule has 0 amide bonds. The molecule has 2 heterocycles. The summed E-state index contributed by atoms with van der Waals surface area (Å²) in [5.41, 5.74) is 1.54. The second-order valence-electron chi connectivity index (χ2n) is 1.83. The van der Waals surface area contributed by atoms with Crippen LogP contribution in [0.1, 0.15) is 0 Å². The van der Waals surface area contributed by atoms with E-state index in [0.29, 0.717) is 4.64 Å². The van der Waals surface area contributed by atoms with Gasteiger partial charge in [0, 0.05) is 42.1 Å². The van der Waals surface area contributed by atoms with E-state index in [0.717, 1.165) is 11.2 Å². The molecule has 2 rings (SSSR count). The van der Waals surface area contributed by atoms with Gasteiger partial charge >= 0.3 is 0 Å². The second kappa shape index (κ2) is 5.00. The van der Waals surface area contributed by atoms with E-state index in [9.17, 15) is 0 Å². The van der Waals surface area contributed by atoms with Crippen LogP contribution >= 0.6 is 12.2 Å². The number of aromatic amines is 2. The smallest absolute Gasteiger partial charge is 0.159 e. The molecule has 2 aromatic heterocycles. The van der Waals surface area contributed by atoms with Crippen LogP contribution in [0.3, 0.4) is 0 Å². The summed E-state index contributed by atoms with van der Waals surface area (Å²) in [5.74, 6) is 0. The van der Waals surface area contributed by atoms with E-state index in [1.807, 2.05) is 0 Å². The fraction of sp³-hybridized carbons (Fsp3) is 0. The van der Waals surface area contributed by atoms with Crippen molar-refractivity contribution in [1.82, 2.24) is 19.9 Å². The van der Waals surface area contributed by atoms with E-state index in [2.05, 4.69) is 19.9 Å². The first-order valence-corrected chi connectivity index (χ1v) is 3.15. The Balaban J connectivity index is 0.000000605. The molecule has 2 N–H and O–H groups in total. The Morgan fingerprint density at radius 2 is 1.75 bits per heavy atom. The fourth-order valence-electron chi connectivity index (χ4n) is 0.783. The zero-order valence-electron chi connectivity index (χ0n) is 5.59. The maximum atomic E-state index is 4.91. The minimum absolute atomic E-state index is 0. The number of nitrogens with one attached hydrogen (secondary N) is 2. The number of hydrogen-bond acceptors (Lipinski definition) is 3. The molecule has 0 fully saturated rings. The Hall–Kier alpha value is 0.147. The SMILES string of the molecule is S=c1nc[nH]c2nc[nH]c12.[Pt].[Pt]. The Bertz CT molecular complexity index is 409. The number of aromatic nitrogens is 4. The van der Waals surface area contributed by atoms with Crippen LogP contribution in [0, 0.1) is 4.64 Å². The summed E-state index contributed by atoms with van der Waals surface area (Å²) in [7, 11) is 0. The third-order valence-corrected chi connectivity index (χ3v) is 1.55. The Morgan fingerprint density at radius 3 is 2.42 bits per heavy atom. The van der Waals surface area contributed by atoms with Crippen LogP contribution in [0.4, 0.5) is 0 Å². The van der Waals surface area contributed by atoms with Crippen LogP contribution in [0.15, 0.2) is 12.7 Å². The number of rotatable bonds is 0. The summed E-state index contributed by atoms with van der Waals surface area (Å²) >= 11 is 4.91. The van der Waals surface area contributed by atoms with E-state index in [4.69, 9.17) is 12.2 Å². The summed E-state index contributed by atoms with van der Waals surface area (Å²) in [4.78, 5) is 13.6. The molecule has 4 nitrogen and oxygen atoms in total. The molecule has 7 heteroatoms. The van der Waals surface area contributed by atoms with Crippen LogP contribution in [-0.2, 0) is 42.1 Å². The van der Waals surface area contributed by atoms with Crippen LogP contribution in [0.5, 0.6) is 0 Å². The monoisotopic (exact) mass is 542 g/mol. The van der Waals surface area contributed by atoms with Gasteiger partial charge in [0.2, 0.25) is 0 Å². The first-order valence-electron chi connectivity index (χ1n) is 2.75. The molecular formula is C5H4N4Pt2S. The number of nitrogens with zero attached hydrogens (tertiary/aromatic N) is 2. The molecule has 0 saturated heterocycles. The molecule has 0 aromatic carbocycles. The van der Waals surface area contributed by atoms with Crippen LogP contribution in [0.25, 0.3) is 11.2 Å². The minimum atomic E-state index is 0. The van der Waals surface area contributed by atoms with Gasteiger partial charge in [0.25, 0.3) is 0 Å². The van der Waals surface area contributed by atoms with Crippen LogP contribution in [-0.4, -0.2) is 19.9 Å². The second-order valence-corrected chi connectivity index (χ2v) is 2.22. The molecule has 0 aliphatic rings. The third kappa shape index (κ3) is 2.09. The van der Waals surface area contributed by atoms with Crippen molar-refractivity contribution in [2.75, 3.05) is 0 Å². The summed E-state index contributed by atoms with van der Waals surface area (Å²) in [6.45, 7) is 0. The zero-order chi connectivity index (χ0) is 6.97. The van der Waals surface area contributed by atoms with E-state index >= 15 is 0 Å². The summed E-state index contributed by atoms with van der Waals surface area (Å²) in [5, 5.41) is 0. The van der Waals surface area contributed by atoms with E-state index in [1.54, 1.807) is 6.33 Å². The molecule has 2 aromatic rings. The standard InChI is InChI=1S/C5H4N4S.2Pt/c10-5-3-4(7-1-6-3)8-2-9-5;;/h1-2H,(H2,6,7,8,9,10);;. The zero-order valence-corrected chi connectivity index (χ0v) is 11.0. The summed E-state index contributed by atoms with van der Waals surface area (Å²) < 4.78 is 0.547. The molecule has 70 valence electrons. The average molecular weight is 542 g/mol. The van der Waals surface area contributed by atoms with Gasteiger partial charge in [-0.1, -0.05) is 12.2 Å². The Labute approximate surface area is 102 Å². The molecule has 0 unspecified atom stereocenters. The Morgan fingerprint density at radius 1 is 1.08 bits per heavy atom. The van der Waals surface area contributed by atoms with Crippen LogP contribution < -0.4 is 0 Å². The maximum absolute atomic E-state index is 4.91. The molecular weight excluding hydrogens is 538 g/mol. The first-order chi connectivity index (χ1) is 4.88. The van der Waals surface area contributed by atoms with Crippen molar-refractivity contribution in [2.45, 2.75) is 0 Å². The van der Waals surface area contributed by atoms with Crippen molar-refractivity contribution < 1.29 is 42.1 Å². The topological polar surface area (TPSA) is 57.4 Å². The molecule has 0 atom stereocenters. The summed E-state index contributed by atoms with van der Waals surface area (Å²) in [6, 6.07) is 0. The van der Waals surface area contributed by atoms with E-state index < -0.39 is 0 Å². The molecule has 0 aliphatic heterocycles. The molecule has 0 aliphatic carbocycles. The minimum Gasteiger partial charge on any atom is -0.341 e. The molecule has 0 spiro atoms. The van der Waals surface area contributed by atoms with Crippen molar-refractivity contribution >= 4 is 23.4 Å². The number of hydrogen-bond donors (Lipinski definition) is 2. The third-order valence-electron chi connectivity index (χ3n) is 1.24. The molecule has 0 radical (unpaired) electrons.